The normalized spacial score (nSPS) is 13.0. The van der Waals surface area contributed by atoms with E-state index < -0.39 is 0 Å². The van der Waals surface area contributed by atoms with Crippen LogP contribution in [0.15, 0.2) is 27.1 Å². The van der Waals surface area contributed by atoms with E-state index in [9.17, 15) is 0 Å². The van der Waals surface area contributed by atoms with Gasteiger partial charge in [-0.15, -0.1) is 0 Å². The molecular weight excluding hydrogens is 284 g/mol. The topological polar surface area (TPSA) is 20.2 Å². The highest BCUT2D eigenvalue weighted by Crippen LogP contribution is 2.27. The Morgan fingerprint density at radius 1 is 1.42 bits per heavy atom. The molecule has 0 amide bonds. The Hall–Kier alpha value is 0.140. The van der Waals surface area contributed by atoms with Crippen LogP contribution in [-0.4, -0.2) is 11.7 Å². The third kappa shape index (κ3) is 2.31. The average molecular weight is 293 g/mol. The van der Waals surface area contributed by atoms with E-state index in [0.717, 1.165) is 14.5 Å². The summed E-state index contributed by atoms with van der Waals surface area (Å²) in [6, 6.07) is 5.84. The largest absolute Gasteiger partial charge is 0.396 e. The van der Waals surface area contributed by atoms with Gasteiger partial charge in [-0.05, 0) is 30.7 Å². The monoisotopic (exact) mass is 291 g/mol. The number of hydrogen-bond acceptors (Lipinski definition) is 1. The molecule has 0 aliphatic carbocycles. The lowest BCUT2D eigenvalue weighted by Gasteiger charge is -2.10. The standard InChI is InChI=1S/C9H9Br2O/c1-6(5-12)8-4-7(10)2-3-9(8)11/h2-4,6,12H,1,5H2. The van der Waals surface area contributed by atoms with Crippen molar-refractivity contribution >= 4 is 31.9 Å². The summed E-state index contributed by atoms with van der Waals surface area (Å²) in [6.07, 6.45) is 0. The van der Waals surface area contributed by atoms with E-state index in [-0.39, 0.29) is 12.5 Å². The highest BCUT2D eigenvalue weighted by molar-refractivity contribution is 9.11. The second-order valence-electron chi connectivity index (χ2n) is 2.55. The van der Waals surface area contributed by atoms with Gasteiger partial charge in [0.05, 0.1) is 0 Å². The van der Waals surface area contributed by atoms with E-state index in [1.165, 1.54) is 0 Å². The zero-order valence-corrected chi connectivity index (χ0v) is 9.60. The van der Waals surface area contributed by atoms with Crippen LogP contribution in [0, 0.1) is 6.92 Å². The van der Waals surface area contributed by atoms with Gasteiger partial charge >= 0.3 is 0 Å². The van der Waals surface area contributed by atoms with Crippen molar-refractivity contribution in [2.45, 2.75) is 5.92 Å². The van der Waals surface area contributed by atoms with Gasteiger partial charge in [0.15, 0.2) is 0 Å². The average Bonchev–Trinajstić information content (AvgIpc) is 2.08. The first-order valence-corrected chi connectivity index (χ1v) is 5.12. The molecule has 1 aromatic carbocycles. The number of benzene rings is 1. The Balaban J connectivity index is 3.04. The summed E-state index contributed by atoms with van der Waals surface area (Å²) >= 11 is 6.76. The number of aliphatic hydroxyl groups excluding tert-OH is 1. The van der Waals surface area contributed by atoms with Crippen LogP contribution in [0.5, 0.6) is 0 Å². The zero-order valence-electron chi connectivity index (χ0n) is 6.43. The second kappa shape index (κ2) is 4.40. The Labute approximate surface area is 89.1 Å². The minimum atomic E-state index is -0.0723. The van der Waals surface area contributed by atoms with Crippen LogP contribution in [0.2, 0.25) is 0 Å². The van der Waals surface area contributed by atoms with E-state index >= 15 is 0 Å². The van der Waals surface area contributed by atoms with E-state index in [1.807, 2.05) is 18.2 Å². The smallest absolute Gasteiger partial charge is 0.0500 e. The van der Waals surface area contributed by atoms with Crippen molar-refractivity contribution in [3.05, 3.63) is 39.6 Å². The molecule has 1 rings (SSSR count). The Morgan fingerprint density at radius 2 is 2.08 bits per heavy atom. The predicted molar refractivity (Wildman–Crippen MR) is 57.0 cm³/mol. The van der Waals surface area contributed by atoms with Gasteiger partial charge in [0, 0.05) is 21.5 Å². The highest BCUT2D eigenvalue weighted by atomic mass is 79.9. The summed E-state index contributed by atoms with van der Waals surface area (Å²) in [7, 11) is 0. The molecule has 0 bridgehead atoms. The molecule has 0 aliphatic heterocycles. The predicted octanol–water partition coefficient (Wildman–Crippen LogP) is 3.12. The van der Waals surface area contributed by atoms with Gasteiger partial charge < -0.3 is 5.11 Å². The molecule has 1 nitrogen and oxygen atoms in total. The third-order valence-corrected chi connectivity index (χ3v) is 2.83. The van der Waals surface area contributed by atoms with Crippen molar-refractivity contribution in [2.75, 3.05) is 6.61 Å². The molecule has 1 radical (unpaired) electrons. The molecule has 0 spiro atoms. The van der Waals surface area contributed by atoms with Gasteiger partial charge in [0.25, 0.3) is 0 Å². The Bertz CT molecular complexity index is 273. The van der Waals surface area contributed by atoms with Crippen LogP contribution in [0.1, 0.15) is 11.5 Å². The lowest BCUT2D eigenvalue weighted by Crippen LogP contribution is -1.99. The fourth-order valence-electron chi connectivity index (χ4n) is 0.926. The maximum absolute atomic E-state index is 8.90. The van der Waals surface area contributed by atoms with E-state index in [0.29, 0.717) is 0 Å². The minimum absolute atomic E-state index is 0.0645. The maximum atomic E-state index is 8.90. The SMILES string of the molecule is [CH2]C(CO)c1cc(Br)ccc1Br. The first-order valence-electron chi connectivity index (χ1n) is 3.54. The molecule has 1 atom stereocenters. The molecular formula is C9H9Br2O. The molecule has 12 heavy (non-hydrogen) atoms. The zero-order chi connectivity index (χ0) is 9.14. The van der Waals surface area contributed by atoms with Gasteiger partial charge in [0.2, 0.25) is 0 Å². The van der Waals surface area contributed by atoms with Gasteiger partial charge in [-0.3, -0.25) is 0 Å². The fourth-order valence-corrected chi connectivity index (χ4v) is 1.87. The summed E-state index contributed by atoms with van der Waals surface area (Å²) in [5.74, 6) is -0.0723. The van der Waals surface area contributed by atoms with Crippen LogP contribution in [0.25, 0.3) is 0 Å². The summed E-state index contributed by atoms with van der Waals surface area (Å²) < 4.78 is 1.99. The molecule has 0 saturated heterocycles. The quantitative estimate of drug-likeness (QED) is 0.888. The van der Waals surface area contributed by atoms with Crippen molar-refractivity contribution in [2.24, 2.45) is 0 Å². The Morgan fingerprint density at radius 3 is 2.67 bits per heavy atom. The summed E-state index contributed by atoms with van der Waals surface area (Å²) in [5, 5.41) is 8.90. The van der Waals surface area contributed by atoms with Crippen LogP contribution >= 0.6 is 31.9 Å². The molecule has 0 heterocycles. The summed E-state index contributed by atoms with van der Waals surface area (Å²) in [4.78, 5) is 0. The van der Waals surface area contributed by atoms with Crippen molar-refractivity contribution in [1.82, 2.24) is 0 Å². The summed E-state index contributed by atoms with van der Waals surface area (Å²) in [5.41, 5.74) is 1.02. The van der Waals surface area contributed by atoms with Crippen molar-refractivity contribution < 1.29 is 5.11 Å². The van der Waals surface area contributed by atoms with E-state index in [1.54, 1.807) is 0 Å². The molecule has 1 N–H and O–H groups in total. The number of hydrogen-bond donors (Lipinski definition) is 1. The number of halogens is 2. The molecule has 1 aromatic rings. The lowest BCUT2D eigenvalue weighted by molar-refractivity contribution is 0.282. The van der Waals surface area contributed by atoms with E-state index in [2.05, 4.69) is 38.8 Å². The second-order valence-corrected chi connectivity index (χ2v) is 4.32. The van der Waals surface area contributed by atoms with Crippen LogP contribution in [-0.2, 0) is 0 Å². The van der Waals surface area contributed by atoms with Gasteiger partial charge in [-0.2, -0.15) is 0 Å². The van der Waals surface area contributed by atoms with Crippen LogP contribution in [0.4, 0.5) is 0 Å². The van der Waals surface area contributed by atoms with Crippen LogP contribution in [0.3, 0.4) is 0 Å². The van der Waals surface area contributed by atoms with Gasteiger partial charge in [-0.25, -0.2) is 0 Å². The third-order valence-electron chi connectivity index (χ3n) is 1.62. The van der Waals surface area contributed by atoms with Gasteiger partial charge in [0.1, 0.15) is 0 Å². The molecule has 3 heteroatoms. The molecule has 0 aromatic heterocycles. The minimum Gasteiger partial charge on any atom is -0.396 e. The fraction of sp³-hybridized carbons (Fsp3) is 0.222. The number of aliphatic hydroxyl groups is 1. The first kappa shape index (κ1) is 10.2. The number of rotatable bonds is 2. The molecule has 1 unspecified atom stereocenters. The van der Waals surface area contributed by atoms with Gasteiger partial charge in [-0.1, -0.05) is 31.9 Å². The van der Waals surface area contributed by atoms with Crippen molar-refractivity contribution in [3.63, 3.8) is 0 Å². The lowest BCUT2D eigenvalue weighted by atomic mass is 10.0. The molecule has 0 saturated carbocycles. The van der Waals surface area contributed by atoms with Crippen LogP contribution < -0.4 is 0 Å². The molecule has 0 aliphatic rings. The van der Waals surface area contributed by atoms with Crippen molar-refractivity contribution in [3.8, 4) is 0 Å². The maximum Gasteiger partial charge on any atom is 0.0500 e. The highest BCUT2D eigenvalue weighted by Gasteiger charge is 2.08. The first-order chi connectivity index (χ1) is 5.65. The molecule has 0 fully saturated rings. The Kier molecular flexibility index (Phi) is 3.75. The molecule has 65 valence electrons. The van der Waals surface area contributed by atoms with E-state index in [4.69, 9.17) is 5.11 Å². The van der Waals surface area contributed by atoms with Crippen molar-refractivity contribution in [1.29, 1.82) is 0 Å². The summed E-state index contributed by atoms with van der Waals surface area (Å²) in [6.45, 7) is 3.89.